The van der Waals surface area contributed by atoms with Crippen LogP contribution >= 0.6 is 12.6 Å². The average molecular weight is 278 g/mol. The molecule has 1 aromatic carbocycles. The molecular formula is C15H22N2OS. The summed E-state index contributed by atoms with van der Waals surface area (Å²) in [5.74, 6) is 0.900. The van der Waals surface area contributed by atoms with Crippen molar-refractivity contribution in [3.05, 3.63) is 23.8 Å². The van der Waals surface area contributed by atoms with Crippen LogP contribution in [0.1, 0.15) is 24.8 Å². The molecule has 1 aliphatic rings. The Labute approximate surface area is 120 Å². The fourth-order valence-corrected chi connectivity index (χ4v) is 2.71. The standard InChI is InChI=1S/C15H22N2OS/c1-11-4-5-12(8-13(11)17(2)3)16-14(18)9-15(10-19)6-7-15/h4-5,8,19H,6-7,9-10H2,1-3H3,(H,16,18). The molecule has 3 nitrogen and oxygen atoms in total. The van der Waals surface area contributed by atoms with Gasteiger partial charge in [0.05, 0.1) is 0 Å². The molecule has 0 aliphatic heterocycles. The number of thiol groups is 1. The minimum absolute atomic E-state index is 0.0973. The summed E-state index contributed by atoms with van der Waals surface area (Å²) >= 11 is 4.33. The Morgan fingerprint density at radius 1 is 1.42 bits per heavy atom. The lowest BCUT2D eigenvalue weighted by molar-refractivity contribution is -0.117. The Balaban J connectivity index is 2.03. The Hall–Kier alpha value is -1.16. The van der Waals surface area contributed by atoms with Gasteiger partial charge in [0, 0.05) is 31.9 Å². The monoisotopic (exact) mass is 278 g/mol. The molecular weight excluding hydrogens is 256 g/mol. The van der Waals surface area contributed by atoms with Gasteiger partial charge in [0.25, 0.3) is 0 Å². The predicted molar refractivity (Wildman–Crippen MR) is 84.3 cm³/mol. The lowest BCUT2D eigenvalue weighted by atomic mass is 10.0. The summed E-state index contributed by atoms with van der Waals surface area (Å²) in [6, 6.07) is 6.02. The largest absolute Gasteiger partial charge is 0.377 e. The Bertz CT molecular complexity index is 481. The molecule has 0 radical (unpaired) electrons. The molecule has 104 valence electrons. The summed E-state index contributed by atoms with van der Waals surface area (Å²) in [7, 11) is 4.02. The van der Waals surface area contributed by atoms with E-state index in [2.05, 4.69) is 29.8 Å². The van der Waals surface area contributed by atoms with E-state index >= 15 is 0 Å². The maximum absolute atomic E-state index is 12.0. The van der Waals surface area contributed by atoms with Gasteiger partial charge < -0.3 is 10.2 Å². The number of carbonyl (C=O) groups excluding carboxylic acids is 1. The number of aryl methyl sites for hydroxylation is 1. The van der Waals surface area contributed by atoms with Crippen molar-refractivity contribution in [3.8, 4) is 0 Å². The first-order valence-electron chi connectivity index (χ1n) is 6.64. The Morgan fingerprint density at radius 2 is 2.11 bits per heavy atom. The van der Waals surface area contributed by atoms with Crippen LogP contribution in [0.5, 0.6) is 0 Å². The van der Waals surface area contributed by atoms with Gasteiger partial charge in [-0.2, -0.15) is 12.6 Å². The molecule has 0 atom stereocenters. The fraction of sp³-hybridized carbons (Fsp3) is 0.533. The van der Waals surface area contributed by atoms with Crippen molar-refractivity contribution >= 4 is 29.9 Å². The van der Waals surface area contributed by atoms with Gasteiger partial charge >= 0.3 is 0 Å². The molecule has 0 saturated heterocycles. The molecule has 0 aromatic heterocycles. The molecule has 1 saturated carbocycles. The van der Waals surface area contributed by atoms with Gasteiger partial charge in [0.15, 0.2) is 0 Å². The second-order valence-corrected chi connectivity index (χ2v) is 6.09. The van der Waals surface area contributed by atoms with E-state index in [-0.39, 0.29) is 11.3 Å². The van der Waals surface area contributed by atoms with E-state index in [9.17, 15) is 4.79 Å². The summed E-state index contributed by atoms with van der Waals surface area (Å²) in [6.45, 7) is 2.07. The molecule has 1 aromatic rings. The molecule has 1 amide bonds. The molecule has 0 bridgehead atoms. The zero-order valence-electron chi connectivity index (χ0n) is 11.9. The molecule has 0 heterocycles. The van der Waals surface area contributed by atoms with Crippen molar-refractivity contribution in [1.82, 2.24) is 0 Å². The zero-order chi connectivity index (χ0) is 14.0. The number of anilines is 2. The maximum Gasteiger partial charge on any atom is 0.224 e. The average Bonchev–Trinajstić information content (AvgIpc) is 3.11. The highest BCUT2D eigenvalue weighted by Gasteiger charge is 2.42. The van der Waals surface area contributed by atoms with Gasteiger partial charge in [-0.05, 0) is 48.6 Å². The van der Waals surface area contributed by atoms with Gasteiger partial charge in [0.1, 0.15) is 0 Å². The molecule has 0 spiro atoms. The molecule has 0 unspecified atom stereocenters. The van der Waals surface area contributed by atoms with Crippen LogP contribution in [0.4, 0.5) is 11.4 Å². The molecule has 1 N–H and O–H groups in total. The van der Waals surface area contributed by atoms with Crippen molar-refractivity contribution in [2.24, 2.45) is 5.41 Å². The van der Waals surface area contributed by atoms with Crippen LogP contribution in [0.15, 0.2) is 18.2 Å². The third kappa shape index (κ3) is 3.44. The minimum atomic E-state index is 0.0973. The quantitative estimate of drug-likeness (QED) is 0.811. The predicted octanol–water partition coefficient (Wildman–Crippen LogP) is 3.10. The van der Waals surface area contributed by atoms with Crippen molar-refractivity contribution in [2.45, 2.75) is 26.2 Å². The second-order valence-electron chi connectivity index (χ2n) is 5.78. The van der Waals surface area contributed by atoms with Crippen LogP contribution in [0.3, 0.4) is 0 Å². The van der Waals surface area contributed by atoms with Crippen LogP contribution in [0.25, 0.3) is 0 Å². The van der Waals surface area contributed by atoms with E-state index in [1.54, 1.807) is 0 Å². The van der Waals surface area contributed by atoms with Gasteiger partial charge in [-0.3, -0.25) is 4.79 Å². The van der Waals surface area contributed by atoms with Crippen molar-refractivity contribution < 1.29 is 4.79 Å². The van der Waals surface area contributed by atoms with Gasteiger partial charge in [0.2, 0.25) is 5.91 Å². The van der Waals surface area contributed by atoms with E-state index in [1.165, 1.54) is 5.56 Å². The Kier molecular flexibility index (Phi) is 4.09. The van der Waals surface area contributed by atoms with E-state index < -0.39 is 0 Å². The number of hydrogen-bond donors (Lipinski definition) is 2. The zero-order valence-corrected chi connectivity index (χ0v) is 12.8. The van der Waals surface area contributed by atoms with E-state index in [0.717, 1.165) is 30.0 Å². The normalized spacial score (nSPS) is 16.0. The number of amides is 1. The third-order valence-electron chi connectivity index (χ3n) is 3.80. The topological polar surface area (TPSA) is 32.3 Å². The summed E-state index contributed by atoms with van der Waals surface area (Å²) in [4.78, 5) is 14.1. The number of rotatable bonds is 5. The first-order chi connectivity index (χ1) is 8.96. The van der Waals surface area contributed by atoms with Gasteiger partial charge in [-0.1, -0.05) is 6.07 Å². The third-order valence-corrected chi connectivity index (χ3v) is 4.47. The second kappa shape index (κ2) is 5.45. The molecule has 1 fully saturated rings. The first-order valence-corrected chi connectivity index (χ1v) is 7.28. The van der Waals surface area contributed by atoms with Crippen LogP contribution in [0.2, 0.25) is 0 Å². The maximum atomic E-state index is 12.0. The van der Waals surface area contributed by atoms with Crippen molar-refractivity contribution in [3.63, 3.8) is 0 Å². The lowest BCUT2D eigenvalue weighted by Gasteiger charge is -2.18. The van der Waals surface area contributed by atoms with Crippen LogP contribution in [-0.2, 0) is 4.79 Å². The van der Waals surface area contributed by atoms with Crippen molar-refractivity contribution in [1.29, 1.82) is 0 Å². The fourth-order valence-electron chi connectivity index (χ4n) is 2.28. The van der Waals surface area contributed by atoms with E-state index in [4.69, 9.17) is 0 Å². The highest BCUT2D eigenvalue weighted by atomic mass is 32.1. The van der Waals surface area contributed by atoms with E-state index in [1.807, 2.05) is 32.3 Å². The van der Waals surface area contributed by atoms with Gasteiger partial charge in [-0.15, -0.1) is 0 Å². The molecule has 2 rings (SSSR count). The SMILES string of the molecule is Cc1ccc(NC(=O)CC2(CS)CC2)cc1N(C)C. The summed E-state index contributed by atoms with van der Waals surface area (Å²) in [5.41, 5.74) is 3.38. The highest BCUT2D eigenvalue weighted by Crippen LogP contribution is 2.49. The number of hydrogen-bond acceptors (Lipinski definition) is 3. The van der Waals surface area contributed by atoms with Crippen molar-refractivity contribution in [2.75, 3.05) is 30.1 Å². The lowest BCUT2D eigenvalue weighted by Crippen LogP contribution is -2.18. The molecule has 4 heteroatoms. The number of carbonyl (C=O) groups is 1. The Morgan fingerprint density at radius 3 is 2.63 bits per heavy atom. The number of nitrogens with zero attached hydrogens (tertiary/aromatic N) is 1. The van der Waals surface area contributed by atoms with E-state index in [0.29, 0.717) is 6.42 Å². The number of nitrogens with one attached hydrogen (secondary N) is 1. The van der Waals surface area contributed by atoms with Crippen LogP contribution in [-0.4, -0.2) is 25.8 Å². The van der Waals surface area contributed by atoms with Crippen LogP contribution < -0.4 is 10.2 Å². The van der Waals surface area contributed by atoms with Gasteiger partial charge in [-0.25, -0.2) is 0 Å². The molecule has 19 heavy (non-hydrogen) atoms. The summed E-state index contributed by atoms with van der Waals surface area (Å²) in [6.07, 6.45) is 2.84. The molecule has 1 aliphatic carbocycles. The summed E-state index contributed by atoms with van der Waals surface area (Å²) in [5, 5.41) is 3.00. The smallest absolute Gasteiger partial charge is 0.224 e. The summed E-state index contributed by atoms with van der Waals surface area (Å²) < 4.78 is 0. The minimum Gasteiger partial charge on any atom is -0.377 e. The highest BCUT2D eigenvalue weighted by molar-refractivity contribution is 7.80. The first kappa shape index (κ1) is 14.3. The van der Waals surface area contributed by atoms with Crippen LogP contribution in [0, 0.1) is 12.3 Å². The number of benzene rings is 1.